The second-order valence-electron chi connectivity index (χ2n) is 1.78. The maximum absolute atomic E-state index is 5.59. The van der Waals surface area contributed by atoms with Gasteiger partial charge in [-0.05, 0) is 0 Å². The normalized spacial score (nSPS) is 13.0. The van der Waals surface area contributed by atoms with Gasteiger partial charge in [-0.3, -0.25) is 0 Å². The summed E-state index contributed by atoms with van der Waals surface area (Å²) >= 11 is 0.646. The average molecular weight is 170 g/mol. The number of nitrogens with two attached hydrogens (primary N) is 1. The zero-order chi connectivity index (χ0) is 5.56. The number of hydrogen-bond donors (Lipinski definition) is 1. The molecule has 0 aliphatic carbocycles. The molecule has 0 amide bonds. The summed E-state index contributed by atoms with van der Waals surface area (Å²) in [6.45, 7) is 0. The number of rotatable bonds is 0. The van der Waals surface area contributed by atoms with Gasteiger partial charge in [-0.2, -0.15) is 0 Å². The van der Waals surface area contributed by atoms with Crippen LogP contribution in [0.4, 0.5) is 5.69 Å². The predicted octanol–water partition coefficient (Wildman–Crippen LogP) is -0.763. The molecule has 8 heavy (non-hydrogen) atoms. The molecule has 0 spiro atoms. The Hall–Kier alpha value is -0.461. The van der Waals surface area contributed by atoms with Crippen LogP contribution in [0, 0.1) is 0 Å². The van der Waals surface area contributed by atoms with Gasteiger partial charge in [0, 0.05) is 0 Å². The Kier molecular flexibility index (Phi) is 0.705. The predicted molar refractivity (Wildman–Crippen MR) is 35.9 cm³/mol. The molecule has 1 aliphatic rings. The summed E-state index contributed by atoms with van der Waals surface area (Å²) < 4.78 is 2.90. The summed E-state index contributed by atoms with van der Waals surface area (Å²) in [5.74, 6) is 0. The fourth-order valence-corrected chi connectivity index (χ4v) is 2.15. The molecule has 40 valence electrons. The molecule has 0 saturated heterocycles. The molecule has 0 aromatic heterocycles. The van der Waals surface area contributed by atoms with Gasteiger partial charge in [0.25, 0.3) is 0 Å². The first-order valence-corrected chi connectivity index (χ1v) is 4.15. The molecule has 1 heterocycles. The second kappa shape index (κ2) is 1.28. The Morgan fingerprint density at radius 2 is 2.25 bits per heavy atom. The quantitative estimate of drug-likeness (QED) is 0.408. The van der Waals surface area contributed by atoms with Gasteiger partial charge < -0.3 is 0 Å². The molecule has 0 bridgehead atoms. The molecular formula is C6H5NSe. The molecule has 0 unspecified atom stereocenters. The van der Waals surface area contributed by atoms with Crippen molar-refractivity contribution in [2.45, 2.75) is 0 Å². The molecule has 1 aliphatic heterocycles. The Morgan fingerprint density at radius 3 is 2.88 bits per heavy atom. The van der Waals surface area contributed by atoms with Crippen molar-refractivity contribution in [1.29, 1.82) is 0 Å². The van der Waals surface area contributed by atoms with E-state index >= 15 is 0 Å². The Morgan fingerprint density at radius 1 is 1.38 bits per heavy atom. The Labute approximate surface area is 54.0 Å². The van der Waals surface area contributed by atoms with Crippen molar-refractivity contribution in [3.63, 3.8) is 0 Å². The molecule has 1 nitrogen and oxygen atoms in total. The van der Waals surface area contributed by atoms with Crippen molar-refractivity contribution < 1.29 is 0 Å². The molecule has 1 aromatic rings. The Balaban J connectivity index is 2.70. The third kappa shape index (κ3) is 0.473. The molecule has 0 radical (unpaired) electrons. The molecule has 1 aromatic carbocycles. The third-order valence-electron chi connectivity index (χ3n) is 1.18. The maximum atomic E-state index is 5.59. The van der Waals surface area contributed by atoms with Crippen LogP contribution >= 0.6 is 0 Å². The summed E-state index contributed by atoms with van der Waals surface area (Å²) in [6.07, 6.45) is 0. The van der Waals surface area contributed by atoms with Crippen LogP contribution in [0.3, 0.4) is 0 Å². The molecule has 0 atom stereocenters. The summed E-state index contributed by atoms with van der Waals surface area (Å²) in [5, 5.41) is 0. The monoisotopic (exact) mass is 171 g/mol. The fraction of sp³-hybridized carbons (Fsp3) is 0. The van der Waals surface area contributed by atoms with Crippen molar-refractivity contribution in [2.75, 3.05) is 5.73 Å². The van der Waals surface area contributed by atoms with Gasteiger partial charge in [0.15, 0.2) is 0 Å². The molecule has 0 saturated carbocycles. The van der Waals surface area contributed by atoms with Gasteiger partial charge in [-0.25, -0.2) is 0 Å². The Bertz CT molecular complexity index is 232. The van der Waals surface area contributed by atoms with E-state index in [2.05, 4.69) is 6.07 Å². The van der Waals surface area contributed by atoms with Gasteiger partial charge in [-0.15, -0.1) is 0 Å². The van der Waals surface area contributed by atoms with Crippen molar-refractivity contribution >= 4 is 29.6 Å². The zero-order valence-electron chi connectivity index (χ0n) is 4.22. The first kappa shape index (κ1) is 4.42. The number of fused-ring (bicyclic) bond motifs is 1. The van der Waals surface area contributed by atoms with Crippen LogP contribution in [0.15, 0.2) is 18.2 Å². The van der Waals surface area contributed by atoms with Crippen LogP contribution in [-0.4, -0.2) is 15.0 Å². The van der Waals surface area contributed by atoms with Crippen LogP contribution in [0.1, 0.15) is 0 Å². The van der Waals surface area contributed by atoms with E-state index in [4.69, 9.17) is 5.73 Å². The minimum atomic E-state index is 0.646. The van der Waals surface area contributed by atoms with Gasteiger partial charge in [-0.1, -0.05) is 0 Å². The van der Waals surface area contributed by atoms with Gasteiger partial charge in [0.2, 0.25) is 0 Å². The third-order valence-corrected chi connectivity index (χ3v) is 3.31. The van der Waals surface area contributed by atoms with E-state index in [1.54, 1.807) is 0 Å². The first-order chi connectivity index (χ1) is 3.88. The summed E-state index contributed by atoms with van der Waals surface area (Å²) in [7, 11) is 0. The van der Waals surface area contributed by atoms with Crippen molar-refractivity contribution in [2.24, 2.45) is 0 Å². The minimum absolute atomic E-state index is 0.646. The molecule has 2 rings (SSSR count). The number of nitrogen functional groups attached to an aromatic ring is 1. The zero-order valence-corrected chi connectivity index (χ0v) is 5.93. The number of hydrogen-bond acceptors (Lipinski definition) is 1. The van der Waals surface area contributed by atoms with Crippen LogP contribution in [-0.2, 0) is 0 Å². The molecular weight excluding hydrogens is 165 g/mol. The topological polar surface area (TPSA) is 26.0 Å². The van der Waals surface area contributed by atoms with Gasteiger partial charge in [0.1, 0.15) is 0 Å². The van der Waals surface area contributed by atoms with Gasteiger partial charge >= 0.3 is 53.5 Å². The number of benzene rings is 1. The van der Waals surface area contributed by atoms with E-state index in [1.165, 1.54) is 8.92 Å². The average Bonchev–Trinajstić information content (AvgIpc) is 2.45. The van der Waals surface area contributed by atoms with E-state index in [9.17, 15) is 0 Å². The van der Waals surface area contributed by atoms with Crippen LogP contribution in [0.2, 0.25) is 0 Å². The van der Waals surface area contributed by atoms with Crippen molar-refractivity contribution in [3.05, 3.63) is 18.2 Å². The van der Waals surface area contributed by atoms with E-state index in [0.29, 0.717) is 15.0 Å². The SMILES string of the molecule is Nc1cccc2c1[Se]2. The molecule has 2 N–H and O–H groups in total. The van der Waals surface area contributed by atoms with Crippen LogP contribution < -0.4 is 14.7 Å². The summed E-state index contributed by atoms with van der Waals surface area (Å²) in [6, 6.07) is 6.13. The summed E-state index contributed by atoms with van der Waals surface area (Å²) in [4.78, 5) is 0. The first-order valence-electron chi connectivity index (χ1n) is 2.44. The van der Waals surface area contributed by atoms with Crippen LogP contribution in [0.5, 0.6) is 0 Å². The standard InChI is InChI=1S/C6H5NSe/c7-4-2-1-3-5-6(4)8-5/h1-3H,7H2. The van der Waals surface area contributed by atoms with E-state index in [1.807, 2.05) is 12.1 Å². The van der Waals surface area contributed by atoms with Crippen molar-refractivity contribution in [3.8, 4) is 0 Å². The molecule has 0 fully saturated rings. The molecule has 2 heteroatoms. The van der Waals surface area contributed by atoms with E-state index < -0.39 is 0 Å². The number of anilines is 1. The van der Waals surface area contributed by atoms with Crippen molar-refractivity contribution in [1.82, 2.24) is 0 Å². The van der Waals surface area contributed by atoms with Gasteiger partial charge in [0.05, 0.1) is 0 Å². The van der Waals surface area contributed by atoms with E-state index in [0.717, 1.165) is 5.69 Å². The fourth-order valence-electron chi connectivity index (χ4n) is 0.710. The van der Waals surface area contributed by atoms with E-state index in [-0.39, 0.29) is 0 Å². The summed E-state index contributed by atoms with van der Waals surface area (Å²) in [5.41, 5.74) is 6.58. The second-order valence-corrected chi connectivity index (χ2v) is 3.98. The van der Waals surface area contributed by atoms with Crippen LogP contribution in [0.25, 0.3) is 0 Å².